The van der Waals surface area contributed by atoms with Crippen molar-refractivity contribution in [3.8, 4) is 0 Å². The molecule has 0 aromatic carbocycles. The van der Waals surface area contributed by atoms with Gasteiger partial charge in [-0.15, -0.1) is 0 Å². The van der Waals surface area contributed by atoms with E-state index in [1.807, 2.05) is 6.92 Å². The molecular formula is C7H8N6S. The van der Waals surface area contributed by atoms with Crippen molar-refractivity contribution >= 4 is 28.4 Å². The van der Waals surface area contributed by atoms with Gasteiger partial charge in [-0.05, 0) is 13.0 Å². The summed E-state index contributed by atoms with van der Waals surface area (Å²) in [7, 11) is 0. The molecule has 14 heavy (non-hydrogen) atoms. The average molecular weight is 208 g/mol. The molecule has 0 amide bonds. The number of anilines is 3. The van der Waals surface area contributed by atoms with Gasteiger partial charge in [-0.1, -0.05) is 0 Å². The van der Waals surface area contributed by atoms with Crippen molar-refractivity contribution < 1.29 is 0 Å². The third-order valence-electron chi connectivity index (χ3n) is 1.44. The molecule has 0 atom stereocenters. The second-order valence-electron chi connectivity index (χ2n) is 2.57. The van der Waals surface area contributed by atoms with E-state index >= 15 is 0 Å². The maximum atomic E-state index is 5.42. The highest BCUT2D eigenvalue weighted by molar-refractivity contribution is 7.09. The fourth-order valence-electron chi connectivity index (χ4n) is 0.901. The van der Waals surface area contributed by atoms with Crippen LogP contribution in [0.4, 0.5) is 16.9 Å². The van der Waals surface area contributed by atoms with Gasteiger partial charge in [-0.2, -0.15) is 9.36 Å². The van der Waals surface area contributed by atoms with E-state index in [1.165, 1.54) is 11.5 Å². The molecule has 72 valence electrons. The highest BCUT2D eigenvalue weighted by Gasteiger charge is 2.01. The molecule has 2 heterocycles. The Morgan fingerprint density at radius 1 is 1.43 bits per heavy atom. The van der Waals surface area contributed by atoms with Gasteiger partial charge in [0.2, 0.25) is 11.1 Å². The first kappa shape index (κ1) is 8.82. The van der Waals surface area contributed by atoms with Gasteiger partial charge in [0.05, 0.1) is 0 Å². The summed E-state index contributed by atoms with van der Waals surface area (Å²) < 4.78 is 4.03. The Bertz CT molecular complexity index is 439. The molecule has 0 saturated carbocycles. The van der Waals surface area contributed by atoms with Gasteiger partial charge in [-0.3, -0.25) is 0 Å². The van der Waals surface area contributed by atoms with Crippen LogP contribution in [0.1, 0.15) is 5.82 Å². The zero-order valence-corrected chi connectivity index (χ0v) is 8.25. The Kier molecular flexibility index (Phi) is 2.23. The van der Waals surface area contributed by atoms with Crippen molar-refractivity contribution in [3.05, 3.63) is 18.1 Å². The lowest BCUT2D eigenvalue weighted by atomic mass is 10.6. The Morgan fingerprint density at radius 2 is 2.29 bits per heavy atom. The smallest absolute Gasteiger partial charge is 0.221 e. The molecule has 0 aliphatic rings. The summed E-state index contributed by atoms with van der Waals surface area (Å²) in [6, 6.07) is 1.72. The Balaban J connectivity index is 2.18. The minimum Gasteiger partial charge on any atom is -0.368 e. The third-order valence-corrected chi connectivity index (χ3v) is 2.16. The summed E-state index contributed by atoms with van der Waals surface area (Å²) in [5.74, 6) is 1.59. The van der Waals surface area contributed by atoms with Gasteiger partial charge in [0.1, 0.15) is 11.6 Å². The molecular weight excluding hydrogens is 200 g/mol. The van der Waals surface area contributed by atoms with Crippen LogP contribution < -0.4 is 11.1 Å². The average Bonchev–Trinajstić information content (AvgIpc) is 2.51. The van der Waals surface area contributed by atoms with Crippen LogP contribution in [0.2, 0.25) is 0 Å². The summed E-state index contributed by atoms with van der Waals surface area (Å²) in [4.78, 5) is 11.9. The third kappa shape index (κ3) is 1.94. The molecule has 0 spiro atoms. The van der Waals surface area contributed by atoms with E-state index in [2.05, 4.69) is 24.6 Å². The highest BCUT2D eigenvalue weighted by Crippen LogP contribution is 2.15. The molecule has 6 nitrogen and oxygen atoms in total. The molecule has 0 fully saturated rings. The molecule has 0 saturated heterocycles. The fourth-order valence-corrected chi connectivity index (χ4v) is 1.48. The van der Waals surface area contributed by atoms with Gasteiger partial charge in [0, 0.05) is 17.7 Å². The molecule has 2 aromatic heterocycles. The quantitative estimate of drug-likeness (QED) is 0.764. The zero-order valence-electron chi connectivity index (χ0n) is 7.43. The predicted molar refractivity (Wildman–Crippen MR) is 54.4 cm³/mol. The van der Waals surface area contributed by atoms with Crippen LogP contribution in [0.3, 0.4) is 0 Å². The number of nitrogens with one attached hydrogen (secondary N) is 1. The van der Waals surface area contributed by atoms with Crippen molar-refractivity contribution in [2.75, 3.05) is 11.1 Å². The number of aromatic nitrogens is 4. The molecule has 0 unspecified atom stereocenters. The number of hydrogen-bond acceptors (Lipinski definition) is 7. The van der Waals surface area contributed by atoms with Crippen molar-refractivity contribution in [2.45, 2.75) is 6.92 Å². The van der Waals surface area contributed by atoms with E-state index in [9.17, 15) is 0 Å². The van der Waals surface area contributed by atoms with Crippen molar-refractivity contribution in [3.63, 3.8) is 0 Å². The molecule has 3 N–H and O–H groups in total. The summed E-state index contributed by atoms with van der Waals surface area (Å²) >= 11 is 1.28. The predicted octanol–water partition coefficient (Wildman–Crippen LogP) is 0.962. The Morgan fingerprint density at radius 3 is 2.93 bits per heavy atom. The van der Waals surface area contributed by atoms with Crippen LogP contribution in [0.15, 0.2) is 12.3 Å². The maximum absolute atomic E-state index is 5.42. The Hall–Kier alpha value is -1.76. The molecule has 0 bridgehead atoms. The molecule has 2 rings (SSSR count). The number of nitrogens with two attached hydrogens (primary N) is 1. The number of hydrogen-bond donors (Lipinski definition) is 2. The van der Waals surface area contributed by atoms with Crippen LogP contribution in [0.5, 0.6) is 0 Å². The lowest BCUT2D eigenvalue weighted by Gasteiger charge is -1.99. The van der Waals surface area contributed by atoms with Gasteiger partial charge in [0.25, 0.3) is 0 Å². The molecule has 0 radical (unpaired) electrons. The first-order chi connectivity index (χ1) is 6.74. The minimum absolute atomic E-state index is 0.233. The van der Waals surface area contributed by atoms with Crippen molar-refractivity contribution in [2.24, 2.45) is 0 Å². The van der Waals surface area contributed by atoms with Crippen LogP contribution in [-0.4, -0.2) is 19.3 Å². The summed E-state index contributed by atoms with van der Waals surface area (Å²) in [5, 5.41) is 3.67. The standard InChI is InChI=1S/C7H8N6S/c1-4-10-7(14-13-4)12-5-2-3-9-6(8)11-5/h2-3H,1H3,(H3,8,9,10,11,12,13). The lowest BCUT2D eigenvalue weighted by molar-refractivity contribution is 1.15. The second-order valence-corrected chi connectivity index (χ2v) is 3.32. The van der Waals surface area contributed by atoms with Gasteiger partial charge < -0.3 is 11.1 Å². The van der Waals surface area contributed by atoms with Crippen molar-refractivity contribution in [1.29, 1.82) is 0 Å². The molecule has 0 aliphatic carbocycles. The van der Waals surface area contributed by atoms with Gasteiger partial charge in [0.15, 0.2) is 0 Å². The minimum atomic E-state index is 0.233. The highest BCUT2D eigenvalue weighted by atomic mass is 32.1. The van der Waals surface area contributed by atoms with E-state index < -0.39 is 0 Å². The van der Waals surface area contributed by atoms with Crippen LogP contribution in [-0.2, 0) is 0 Å². The Labute approximate surface area is 84.4 Å². The molecule has 7 heteroatoms. The molecule has 0 aliphatic heterocycles. The maximum Gasteiger partial charge on any atom is 0.221 e. The number of nitrogen functional groups attached to an aromatic ring is 1. The van der Waals surface area contributed by atoms with E-state index in [1.54, 1.807) is 12.3 Å². The number of rotatable bonds is 2. The van der Waals surface area contributed by atoms with E-state index in [-0.39, 0.29) is 5.95 Å². The van der Waals surface area contributed by atoms with Gasteiger partial charge >= 0.3 is 0 Å². The normalized spacial score (nSPS) is 10.1. The SMILES string of the molecule is Cc1nsc(Nc2ccnc(N)n2)n1. The zero-order chi connectivity index (χ0) is 9.97. The van der Waals surface area contributed by atoms with E-state index in [0.717, 1.165) is 5.82 Å². The topological polar surface area (TPSA) is 89.6 Å². The summed E-state index contributed by atoms with van der Waals surface area (Å²) in [6.07, 6.45) is 1.58. The number of nitrogens with zero attached hydrogens (tertiary/aromatic N) is 4. The van der Waals surface area contributed by atoms with E-state index in [0.29, 0.717) is 10.9 Å². The van der Waals surface area contributed by atoms with Gasteiger partial charge in [-0.25, -0.2) is 9.97 Å². The van der Waals surface area contributed by atoms with Crippen LogP contribution in [0, 0.1) is 6.92 Å². The first-order valence-corrected chi connectivity index (χ1v) is 4.67. The first-order valence-electron chi connectivity index (χ1n) is 3.90. The van der Waals surface area contributed by atoms with Crippen molar-refractivity contribution in [1.82, 2.24) is 19.3 Å². The van der Waals surface area contributed by atoms with E-state index in [4.69, 9.17) is 5.73 Å². The fraction of sp³-hybridized carbons (Fsp3) is 0.143. The largest absolute Gasteiger partial charge is 0.368 e. The van der Waals surface area contributed by atoms with Crippen LogP contribution in [0.25, 0.3) is 0 Å². The summed E-state index contributed by atoms with van der Waals surface area (Å²) in [6.45, 7) is 1.83. The second kappa shape index (κ2) is 3.54. The monoisotopic (exact) mass is 208 g/mol. The summed E-state index contributed by atoms with van der Waals surface area (Å²) in [5.41, 5.74) is 5.42. The number of aryl methyl sites for hydroxylation is 1. The molecule has 2 aromatic rings. The lowest BCUT2D eigenvalue weighted by Crippen LogP contribution is -1.98. The van der Waals surface area contributed by atoms with Crippen LogP contribution >= 0.6 is 11.5 Å².